The summed E-state index contributed by atoms with van der Waals surface area (Å²) in [5, 5.41) is 41.2. The molecule has 8 nitrogen and oxygen atoms in total. The van der Waals surface area contributed by atoms with Crippen LogP contribution in [0, 0.1) is 0 Å². The Morgan fingerprint density at radius 3 is 2.36 bits per heavy atom. The monoisotopic (exact) mass is 397 g/mol. The van der Waals surface area contributed by atoms with E-state index in [-0.39, 0.29) is 0 Å². The van der Waals surface area contributed by atoms with E-state index in [1.807, 2.05) is 0 Å². The maximum atomic E-state index is 12.4. The molecule has 5 N–H and O–H groups in total. The summed E-state index contributed by atoms with van der Waals surface area (Å²) in [5.41, 5.74) is 0.326. The summed E-state index contributed by atoms with van der Waals surface area (Å²) in [6.07, 6.45) is -1.08. The van der Waals surface area contributed by atoms with Gasteiger partial charge in [0.05, 0.1) is 13.2 Å². The Morgan fingerprint density at radius 2 is 1.71 bits per heavy atom. The average molecular weight is 397 g/mol. The molecule has 1 aliphatic rings. The maximum Gasteiger partial charge on any atom is 0.253 e. The second-order valence-electron chi connectivity index (χ2n) is 7.01. The van der Waals surface area contributed by atoms with Crippen LogP contribution in [0.5, 0.6) is 5.75 Å². The van der Waals surface area contributed by atoms with E-state index in [0.29, 0.717) is 17.9 Å². The quantitative estimate of drug-likeness (QED) is 0.365. The van der Waals surface area contributed by atoms with Crippen LogP contribution in [0.25, 0.3) is 0 Å². The van der Waals surface area contributed by atoms with Crippen LogP contribution in [0.1, 0.15) is 49.4 Å². The molecule has 5 atom stereocenters. The van der Waals surface area contributed by atoms with Crippen LogP contribution in [0.4, 0.5) is 0 Å². The Kier molecular flexibility index (Phi) is 9.14. The molecule has 1 aromatic carbocycles. The molecule has 0 saturated carbocycles. The lowest BCUT2D eigenvalue weighted by molar-refractivity contribution is -0.233. The van der Waals surface area contributed by atoms with Gasteiger partial charge in [-0.2, -0.15) is 0 Å². The van der Waals surface area contributed by atoms with E-state index in [0.717, 1.165) is 12.8 Å². The van der Waals surface area contributed by atoms with E-state index in [1.54, 1.807) is 24.3 Å². The van der Waals surface area contributed by atoms with E-state index in [1.165, 1.54) is 19.3 Å². The van der Waals surface area contributed by atoms with Crippen molar-refractivity contribution in [1.82, 2.24) is 5.32 Å². The lowest BCUT2D eigenvalue weighted by atomic mass is 9.98. The SMILES string of the molecule is CCCCCCCOc1ccc(C(=O)N[C@@H]2O[C@H](CO)[C@@H](O)[C@H](O)[C@H]2O)cc1. The Hall–Kier alpha value is -1.71. The predicted octanol–water partition coefficient (Wildman–Crippen LogP) is 0.565. The number of nitrogens with one attached hydrogen (secondary N) is 1. The van der Waals surface area contributed by atoms with Gasteiger partial charge >= 0.3 is 0 Å². The number of rotatable bonds is 10. The smallest absolute Gasteiger partial charge is 0.253 e. The van der Waals surface area contributed by atoms with Crippen LogP contribution in [0.2, 0.25) is 0 Å². The third kappa shape index (κ3) is 6.15. The molecule has 0 unspecified atom stereocenters. The van der Waals surface area contributed by atoms with Crippen LogP contribution < -0.4 is 10.1 Å². The third-order valence-corrected chi connectivity index (χ3v) is 4.80. The minimum Gasteiger partial charge on any atom is -0.494 e. The van der Waals surface area contributed by atoms with Crippen molar-refractivity contribution in [3.8, 4) is 5.75 Å². The molecular weight excluding hydrogens is 366 g/mol. The summed E-state index contributed by atoms with van der Waals surface area (Å²) in [5.74, 6) is 0.148. The normalized spacial score (nSPS) is 27.4. The molecule has 0 aliphatic carbocycles. The minimum absolute atomic E-state index is 0.326. The summed E-state index contributed by atoms with van der Waals surface area (Å²) in [6, 6.07) is 6.56. The van der Waals surface area contributed by atoms with E-state index in [2.05, 4.69) is 12.2 Å². The van der Waals surface area contributed by atoms with E-state index in [4.69, 9.17) is 9.47 Å². The van der Waals surface area contributed by atoms with Gasteiger partial charge in [-0.05, 0) is 30.7 Å². The van der Waals surface area contributed by atoms with Crippen LogP contribution in [-0.4, -0.2) is 70.2 Å². The maximum absolute atomic E-state index is 12.4. The van der Waals surface area contributed by atoms with Crippen molar-refractivity contribution in [3.63, 3.8) is 0 Å². The van der Waals surface area contributed by atoms with Crippen LogP contribution >= 0.6 is 0 Å². The van der Waals surface area contributed by atoms with Gasteiger partial charge in [-0.1, -0.05) is 32.6 Å². The molecule has 1 fully saturated rings. The number of ether oxygens (including phenoxy) is 2. The molecule has 1 amide bonds. The molecule has 1 aliphatic heterocycles. The van der Waals surface area contributed by atoms with Crippen molar-refractivity contribution in [2.24, 2.45) is 0 Å². The lowest BCUT2D eigenvalue weighted by Gasteiger charge is -2.40. The molecule has 1 heterocycles. The lowest BCUT2D eigenvalue weighted by Crippen LogP contribution is -2.63. The number of amides is 1. The molecule has 0 radical (unpaired) electrons. The number of carbonyl (C=O) groups is 1. The minimum atomic E-state index is -1.54. The van der Waals surface area contributed by atoms with Gasteiger partial charge in [0.1, 0.15) is 30.2 Å². The third-order valence-electron chi connectivity index (χ3n) is 4.80. The van der Waals surface area contributed by atoms with Gasteiger partial charge in [0.2, 0.25) is 0 Å². The fourth-order valence-electron chi connectivity index (χ4n) is 3.03. The molecule has 0 bridgehead atoms. The first kappa shape index (κ1) is 22.6. The summed E-state index contributed by atoms with van der Waals surface area (Å²) < 4.78 is 10.9. The topological polar surface area (TPSA) is 128 Å². The first-order valence-corrected chi connectivity index (χ1v) is 9.82. The zero-order chi connectivity index (χ0) is 20.5. The standard InChI is InChI=1S/C20H31NO7/c1-2-3-4-5-6-11-27-14-9-7-13(8-10-14)19(26)21-20-18(25)17(24)16(23)15(12-22)28-20/h7-10,15-18,20,22-25H,2-6,11-12H2,1H3,(H,21,26)/t15-,16-,17+,18-,20-/m1/s1. The van der Waals surface area contributed by atoms with Crippen molar-refractivity contribution in [3.05, 3.63) is 29.8 Å². The predicted molar refractivity (Wildman–Crippen MR) is 102 cm³/mol. The highest BCUT2D eigenvalue weighted by atomic mass is 16.6. The Morgan fingerprint density at radius 1 is 1.04 bits per heavy atom. The Labute approximate surface area is 165 Å². The number of benzene rings is 1. The van der Waals surface area contributed by atoms with Crippen molar-refractivity contribution < 1.29 is 34.7 Å². The molecule has 28 heavy (non-hydrogen) atoms. The molecule has 8 heteroatoms. The fraction of sp³-hybridized carbons (Fsp3) is 0.650. The van der Waals surface area contributed by atoms with Crippen LogP contribution in [0.15, 0.2) is 24.3 Å². The summed E-state index contributed by atoms with van der Waals surface area (Å²) in [6.45, 7) is 2.24. The molecular formula is C20H31NO7. The van der Waals surface area contributed by atoms with Gasteiger partial charge in [0, 0.05) is 5.56 Å². The molecule has 158 valence electrons. The van der Waals surface area contributed by atoms with Gasteiger partial charge < -0.3 is 35.2 Å². The highest BCUT2D eigenvalue weighted by Crippen LogP contribution is 2.20. The fourth-order valence-corrected chi connectivity index (χ4v) is 3.03. The van der Waals surface area contributed by atoms with Gasteiger partial charge in [0.25, 0.3) is 5.91 Å². The van der Waals surface area contributed by atoms with E-state index < -0.39 is 43.2 Å². The highest BCUT2D eigenvalue weighted by Gasteiger charge is 2.44. The molecule has 1 saturated heterocycles. The number of hydrogen-bond acceptors (Lipinski definition) is 7. The number of aliphatic hydroxyl groups is 4. The number of carbonyl (C=O) groups excluding carboxylic acids is 1. The zero-order valence-corrected chi connectivity index (χ0v) is 16.2. The highest BCUT2D eigenvalue weighted by molar-refractivity contribution is 5.94. The van der Waals surface area contributed by atoms with Crippen LogP contribution in [-0.2, 0) is 4.74 Å². The van der Waals surface area contributed by atoms with E-state index >= 15 is 0 Å². The number of unbranched alkanes of at least 4 members (excludes halogenated alkanes) is 4. The summed E-state index contributed by atoms with van der Waals surface area (Å²) >= 11 is 0. The van der Waals surface area contributed by atoms with Crippen molar-refractivity contribution >= 4 is 5.91 Å². The average Bonchev–Trinajstić information content (AvgIpc) is 2.71. The molecule has 0 spiro atoms. The Bertz CT molecular complexity index is 593. The first-order valence-electron chi connectivity index (χ1n) is 9.82. The van der Waals surface area contributed by atoms with E-state index in [9.17, 15) is 25.2 Å². The summed E-state index contributed by atoms with van der Waals surface area (Å²) in [4.78, 5) is 12.4. The number of hydrogen-bond donors (Lipinski definition) is 5. The molecule has 1 aromatic rings. The Balaban J connectivity index is 1.83. The summed E-state index contributed by atoms with van der Waals surface area (Å²) in [7, 11) is 0. The van der Waals surface area contributed by atoms with Gasteiger partial charge in [-0.3, -0.25) is 4.79 Å². The molecule has 0 aromatic heterocycles. The van der Waals surface area contributed by atoms with Crippen molar-refractivity contribution in [1.29, 1.82) is 0 Å². The van der Waals surface area contributed by atoms with Crippen molar-refractivity contribution in [2.45, 2.75) is 69.7 Å². The second kappa shape index (κ2) is 11.3. The van der Waals surface area contributed by atoms with Gasteiger partial charge in [-0.15, -0.1) is 0 Å². The molecule has 2 rings (SSSR count). The van der Waals surface area contributed by atoms with Gasteiger partial charge in [-0.25, -0.2) is 0 Å². The first-order chi connectivity index (χ1) is 13.5. The largest absolute Gasteiger partial charge is 0.494 e. The second-order valence-corrected chi connectivity index (χ2v) is 7.01. The number of aliphatic hydroxyl groups excluding tert-OH is 4. The van der Waals surface area contributed by atoms with Crippen molar-refractivity contribution in [2.75, 3.05) is 13.2 Å². The zero-order valence-electron chi connectivity index (χ0n) is 16.2. The van der Waals surface area contributed by atoms with Crippen LogP contribution in [0.3, 0.4) is 0 Å². The van der Waals surface area contributed by atoms with Gasteiger partial charge in [0.15, 0.2) is 6.23 Å².